The Kier molecular flexibility index (Phi) is 3.42. The lowest BCUT2D eigenvalue weighted by atomic mass is 10.1. The maximum absolute atomic E-state index is 12.4. The molecule has 1 aromatic carbocycles. The van der Waals surface area contributed by atoms with Gasteiger partial charge in [0.25, 0.3) is 11.3 Å². The van der Waals surface area contributed by atoms with Gasteiger partial charge >= 0.3 is 5.97 Å². The summed E-state index contributed by atoms with van der Waals surface area (Å²) in [5.74, 6) is -1.01. The van der Waals surface area contributed by atoms with Gasteiger partial charge in [-0.25, -0.2) is 0 Å². The van der Waals surface area contributed by atoms with E-state index in [9.17, 15) is 9.59 Å². The van der Waals surface area contributed by atoms with Gasteiger partial charge in [-0.05, 0) is 12.5 Å². The van der Waals surface area contributed by atoms with Crippen LogP contribution in [0.4, 0.5) is 0 Å². The molecule has 0 unspecified atom stereocenters. The van der Waals surface area contributed by atoms with E-state index in [-0.39, 0.29) is 11.5 Å². The molecule has 22 heavy (non-hydrogen) atoms. The summed E-state index contributed by atoms with van der Waals surface area (Å²) in [6.45, 7) is 1.50. The largest absolute Gasteiger partial charge is 0.480 e. The molecule has 0 bridgehead atoms. The second-order valence-electron chi connectivity index (χ2n) is 4.97. The molecule has 0 atom stereocenters. The van der Waals surface area contributed by atoms with E-state index in [2.05, 4.69) is 15.3 Å². The molecule has 0 spiro atoms. The van der Waals surface area contributed by atoms with Crippen molar-refractivity contribution in [2.24, 2.45) is 0 Å². The summed E-state index contributed by atoms with van der Waals surface area (Å²) in [7, 11) is 0. The van der Waals surface area contributed by atoms with E-state index >= 15 is 0 Å². The molecule has 0 aliphatic rings. The van der Waals surface area contributed by atoms with Gasteiger partial charge in [0.05, 0.1) is 0 Å². The van der Waals surface area contributed by atoms with Crippen molar-refractivity contribution in [3.8, 4) is 0 Å². The van der Waals surface area contributed by atoms with Gasteiger partial charge in [0.1, 0.15) is 18.6 Å². The fourth-order valence-corrected chi connectivity index (χ4v) is 2.18. The van der Waals surface area contributed by atoms with E-state index < -0.39 is 18.1 Å². The molecule has 1 N–H and O–H groups in total. The Hall–Kier alpha value is -3.03. The van der Waals surface area contributed by atoms with Crippen LogP contribution in [-0.4, -0.2) is 35.5 Å². The third-order valence-corrected chi connectivity index (χ3v) is 3.26. The van der Waals surface area contributed by atoms with Crippen molar-refractivity contribution in [3.05, 3.63) is 57.8 Å². The van der Waals surface area contributed by atoms with E-state index in [0.29, 0.717) is 6.42 Å². The lowest BCUT2D eigenvalue weighted by Crippen LogP contribution is -2.31. The first kappa shape index (κ1) is 13.9. The predicted molar refractivity (Wildman–Crippen MR) is 76.7 cm³/mol. The van der Waals surface area contributed by atoms with Crippen LogP contribution in [0.1, 0.15) is 16.8 Å². The Morgan fingerprint density at radius 2 is 2.00 bits per heavy atom. The Morgan fingerprint density at radius 1 is 1.27 bits per heavy atom. The summed E-state index contributed by atoms with van der Waals surface area (Å²) in [5.41, 5.74) is 1.82. The van der Waals surface area contributed by atoms with Gasteiger partial charge in [-0.3, -0.25) is 14.2 Å². The van der Waals surface area contributed by atoms with Gasteiger partial charge < -0.3 is 5.11 Å². The second kappa shape index (κ2) is 5.40. The van der Waals surface area contributed by atoms with Crippen LogP contribution in [-0.2, 0) is 17.8 Å². The topological polar surface area (TPSA) is 102 Å². The smallest absolute Gasteiger partial charge is 0.323 e. The Balaban J connectivity index is 2.09. The van der Waals surface area contributed by atoms with Crippen LogP contribution in [0, 0.1) is 6.92 Å². The average molecular weight is 299 g/mol. The number of hydrogen-bond donors (Lipinski definition) is 1. The molecule has 3 rings (SSSR count). The summed E-state index contributed by atoms with van der Waals surface area (Å²) >= 11 is 0. The van der Waals surface area contributed by atoms with Gasteiger partial charge in [-0.2, -0.15) is 9.61 Å². The van der Waals surface area contributed by atoms with Crippen molar-refractivity contribution in [2.45, 2.75) is 19.9 Å². The molecule has 0 saturated carbocycles. The maximum Gasteiger partial charge on any atom is 0.323 e. The van der Waals surface area contributed by atoms with Gasteiger partial charge in [-0.1, -0.05) is 29.8 Å². The highest BCUT2D eigenvalue weighted by Gasteiger charge is 2.15. The van der Waals surface area contributed by atoms with Crippen molar-refractivity contribution in [3.63, 3.8) is 0 Å². The van der Waals surface area contributed by atoms with Gasteiger partial charge in [-0.15, -0.1) is 10.2 Å². The van der Waals surface area contributed by atoms with Crippen LogP contribution in [0.15, 0.2) is 35.4 Å². The molecule has 112 valence electrons. The third kappa shape index (κ3) is 2.58. The van der Waals surface area contributed by atoms with E-state index in [1.54, 1.807) is 0 Å². The van der Waals surface area contributed by atoms with Crippen molar-refractivity contribution in [1.29, 1.82) is 0 Å². The highest BCUT2D eigenvalue weighted by atomic mass is 16.4. The predicted octanol–water partition coefficient (Wildman–Crippen LogP) is 0.270. The van der Waals surface area contributed by atoms with Gasteiger partial charge in [0.15, 0.2) is 0 Å². The Labute approximate surface area is 124 Å². The van der Waals surface area contributed by atoms with E-state index in [1.807, 2.05) is 31.2 Å². The molecule has 0 radical (unpaired) electrons. The SMILES string of the molecule is Cc1ccc(Cc2nn3cnnc3n(CC(=O)O)c2=O)cc1. The second-order valence-corrected chi connectivity index (χ2v) is 4.97. The highest BCUT2D eigenvalue weighted by molar-refractivity contribution is 5.67. The Morgan fingerprint density at radius 3 is 2.68 bits per heavy atom. The molecule has 3 aromatic rings. The maximum atomic E-state index is 12.4. The summed E-state index contributed by atoms with van der Waals surface area (Å²) in [5, 5.41) is 20.6. The number of aromatic nitrogens is 5. The number of carboxylic acids is 1. The number of rotatable bonds is 4. The fraction of sp³-hybridized carbons (Fsp3) is 0.214. The number of benzene rings is 1. The monoisotopic (exact) mass is 299 g/mol. The zero-order chi connectivity index (χ0) is 15.7. The molecule has 0 aliphatic carbocycles. The molecule has 0 saturated heterocycles. The normalized spacial score (nSPS) is 11.0. The minimum Gasteiger partial charge on any atom is -0.480 e. The lowest BCUT2D eigenvalue weighted by molar-refractivity contribution is -0.137. The summed E-state index contributed by atoms with van der Waals surface area (Å²) in [4.78, 5) is 23.4. The molecule has 2 aromatic heterocycles. The number of carbonyl (C=O) groups is 1. The molecule has 0 fully saturated rings. The van der Waals surface area contributed by atoms with Crippen molar-refractivity contribution >= 4 is 11.7 Å². The van der Waals surface area contributed by atoms with Crippen LogP contribution in [0.3, 0.4) is 0 Å². The number of nitrogens with zero attached hydrogens (tertiary/aromatic N) is 5. The first-order chi connectivity index (χ1) is 10.5. The molecule has 0 aliphatic heterocycles. The first-order valence-electron chi connectivity index (χ1n) is 6.61. The average Bonchev–Trinajstić information content (AvgIpc) is 2.93. The molecular formula is C14H13N5O3. The standard InChI is InChI=1S/C14H13N5O3/c1-9-2-4-10(5-3-9)6-11-13(22)18(7-12(20)21)14-16-15-8-19(14)17-11/h2-5,8H,6-7H2,1H3,(H,20,21). The Bertz CT molecular complexity index is 895. The number of fused-ring (bicyclic) bond motifs is 1. The van der Waals surface area contributed by atoms with E-state index in [4.69, 9.17) is 5.11 Å². The van der Waals surface area contributed by atoms with E-state index in [0.717, 1.165) is 15.7 Å². The van der Waals surface area contributed by atoms with Crippen LogP contribution >= 0.6 is 0 Å². The zero-order valence-corrected chi connectivity index (χ0v) is 11.8. The van der Waals surface area contributed by atoms with Gasteiger partial charge in [0.2, 0.25) is 0 Å². The van der Waals surface area contributed by atoms with Crippen molar-refractivity contribution in [2.75, 3.05) is 0 Å². The van der Waals surface area contributed by atoms with Crippen LogP contribution in [0.5, 0.6) is 0 Å². The lowest BCUT2D eigenvalue weighted by Gasteiger charge is -2.07. The zero-order valence-electron chi connectivity index (χ0n) is 11.8. The number of carboxylic acid groups (broad SMARTS) is 1. The quantitative estimate of drug-likeness (QED) is 0.742. The molecule has 0 amide bonds. The van der Waals surface area contributed by atoms with Crippen molar-refractivity contribution in [1.82, 2.24) is 24.4 Å². The number of aryl methyl sites for hydroxylation is 1. The highest BCUT2D eigenvalue weighted by Crippen LogP contribution is 2.07. The summed E-state index contributed by atoms with van der Waals surface area (Å²) in [6, 6.07) is 7.72. The van der Waals surface area contributed by atoms with Crippen LogP contribution in [0.25, 0.3) is 5.78 Å². The number of hydrogen-bond acceptors (Lipinski definition) is 5. The van der Waals surface area contributed by atoms with Crippen LogP contribution in [0.2, 0.25) is 0 Å². The molecule has 8 heteroatoms. The van der Waals surface area contributed by atoms with Gasteiger partial charge in [0, 0.05) is 6.42 Å². The van der Waals surface area contributed by atoms with Crippen LogP contribution < -0.4 is 5.56 Å². The minimum atomic E-state index is -1.13. The minimum absolute atomic E-state index is 0.111. The molecule has 8 nitrogen and oxygen atoms in total. The summed E-state index contributed by atoms with van der Waals surface area (Å²) < 4.78 is 2.37. The molecular weight excluding hydrogens is 286 g/mol. The third-order valence-electron chi connectivity index (χ3n) is 3.26. The fourth-order valence-electron chi connectivity index (χ4n) is 2.18. The first-order valence-corrected chi connectivity index (χ1v) is 6.61. The van der Waals surface area contributed by atoms with E-state index in [1.165, 1.54) is 10.8 Å². The van der Waals surface area contributed by atoms with Crippen molar-refractivity contribution < 1.29 is 9.90 Å². The molecule has 2 heterocycles. The summed E-state index contributed by atoms with van der Waals surface area (Å²) in [6.07, 6.45) is 1.65. The number of aliphatic carboxylic acids is 1.